The third-order valence-electron chi connectivity index (χ3n) is 10.6. The highest BCUT2D eigenvalue weighted by molar-refractivity contribution is 6.12. The first kappa shape index (κ1) is 47.0. The van der Waals surface area contributed by atoms with Gasteiger partial charge < -0.3 is 42.8 Å². The summed E-state index contributed by atoms with van der Waals surface area (Å²) in [5.74, 6) is -3.23. The third-order valence-corrected chi connectivity index (χ3v) is 10.6. The van der Waals surface area contributed by atoms with E-state index in [9.17, 15) is 24.0 Å². The predicted octanol–water partition coefficient (Wildman–Crippen LogP) is 4.87. The number of fused-ring (bicyclic) bond motifs is 2. The van der Waals surface area contributed by atoms with E-state index in [-0.39, 0.29) is 44.8 Å². The Hall–Kier alpha value is -7.06. The van der Waals surface area contributed by atoms with Gasteiger partial charge in [-0.2, -0.15) is 0 Å². The van der Waals surface area contributed by atoms with Gasteiger partial charge in [0, 0.05) is 19.9 Å². The van der Waals surface area contributed by atoms with E-state index >= 15 is 0 Å². The number of ether oxygens (including phenoxy) is 1. The van der Waals surface area contributed by atoms with Gasteiger partial charge in [0.1, 0.15) is 30.8 Å². The van der Waals surface area contributed by atoms with Gasteiger partial charge in [-0.05, 0) is 94.9 Å². The molecule has 4 amide bonds. The van der Waals surface area contributed by atoms with Crippen LogP contribution in [0.4, 0.5) is 0 Å². The van der Waals surface area contributed by atoms with E-state index in [0.717, 1.165) is 43.8 Å². The number of amides is 4. The second kappa shape index (κ2) is 23.8. The maximum absolute atomic E-state index is 14.1. The summed E-state index contributed by atoms with van der Waals surface area (Å²) >= 11 is 0. The zero-order chi connectivity index (χ0) is 45.1. The van der Waals surface area contributed by atoms with Crippen LogP contribution in [0.25, 0.3) is 32.7 Å². The molecule has 5 aromatic rings. The van der Waals surface area contributed by atoms with E-state index in [0.29, 0.717) is 25.8 Å². The molecular weight excluding hydrogens is 797 g/mol. The molecule has 0 saturated heterocycles. The lowest BCUT2D eigenvalue weighted by Gasteiger charge is -2.26. The molecule has 0 fully saturated rings. The Bertz CT molecular complexity index is 2320. The average Bonchev–Trinajstić information content (AvgIpc) is 3.28. The summed E-state index contributed by atoms with van der Waals surface area (Å²) in [6.07, 6.45) is 3.35. The zero-order valence-electron chi connectivity index (χ0n) is 35.7. The number of hydrogen-bond donors (Lipinski definition) is 8. The van der Waals surface area contributed by atoms with E-state index in [1.807, 2.05) is 78.9 Å². The Morgan fingerprint density at radius 1 is 0.683 bits per heavy atom. The number of unbranched alkanes of at least 4 members (excludes halogenated alkanes) is 1. The molecule has 63 heavy (non-hydrogen) atoms. The molecule has 4 atom stereocenters. The molecule has 0 unspecified atom stereocenters. The molecule has 0 heterocycles. The number of benzene rings is 5. The molecule has 0 saturated carbocycles. The number of nitrogens with one attached hydrogen (secondary N) is 6. The maximum atomic E-state index is 14.1. The van der Waals surface area contributed by atoms with E-state index in [2.05, 4.69) is 63.5 Å². The molecule has 0 spiro atoms. The van der Waals surface area contributed by atoms with Crippen molar-refractivity contribution in [2.75, 3.05) is 13.1 Å². The Balaban J connectivity index is 1.32. The molecule has 14 nitrogen and oxygen atoms in total. The summed E-state index contributed by atoms with van der Waals surface area (Å²) in [6, 6.07) is 31.2. The standard InChI is InChI=1S/C49H58N8O6/c1-3-14-42(48(62)63-31-34-15-5-4-6-16-34)57-46(60)41(22-13-28-53-49(51)52)55-45(59)40(21-11-12-27-50)56-47(61)43(54-32(2)58)29-33-23-25-35(26-24-33)44-38-19-9-7-17-36(38)30-37-18-8-10-20-39(37)44/h3-10,15-20,23-26,30,40-43H,1,11-14,21-22,27-29,31,50H2,2H3,(H,54,58)(H,55,59)(H,56,61)(H,57,60)(H4,51,52,53)/t40-,41-,42+,43+/m1/s1. The normalized spacial score (nSPS) is 12.9. The van der Waals surface area contributed by atoms with E-state index in [4.69, 9.17) is 21.6 Å². The van der Waals surface area contributed by atoms with Crippen LogP contribution in [0.5, 0.6) is 0 Å². The summed E-state index contributed by atoms with van der Waals surface area (Å²) in [5, 5.41) is 25.7. The van der Waals surface area contributed by atoms with Crippen molar-refractivity contribution in [3.63, 3.8) is 0 Å². The number of guanidine groups is 1. The summed E-state index contributed by atoms with van der Waals surface area (Å²) < 4.78 is 5.49. The Morgan fingerprint density at radius 3 is 1.81 bits per heavy atom. The number of carbonyl (C=O) groups excluding carboxylic acids is 5. The van der Waals surface area contributed by atoms with Crippen LogP contribution in [0.2, 0.25) is 0 Å². The Labute approximate surface area is 368 Å². The number of hydrogen-bond acceptors (Lipinski definition) is 8. The number of esters is 1. The predicted molar refractivity (Wildman–Crippen MR) is 247 cm³/mol. The van der Waals surface area contributed by atoms with Crippen LogP contribution in [0.15, 0.2) is 122 Å². The van der Waals surface area contributed by atoms with Crippen molar-refractivity contribution in [1.29, 1.82) is 5.41 Å². The van der Waals surface area contributed by atoms with Gasteiger partial charge in [0.15, 0.2) is 5.96 Å². The molecular formula is C49H58N8O6. The van der Waals surface area contributed by atoms with E-state index in [1.54, 1.807) is 0 Å². The van der Waals surface area contributed by atoms with Gasteiger partial charge in [0.25, 0.3) is 0 Å². The molecule has 0 aromatic heterocycles. The quantitative estimate of drug-likeness (QED) is 0.0112. The highest BCUT2D eigenvalue weighted by atomic mass is 16.5. The van der Waals surface area contributed by atoms with Gasteiger partial charge in [-0.15, -0.1) is 6.58 Å². The first-order valence-corrected chi connectivity index (χ1v) is 21.2. The van der Waals surface area contributed by atoms with Gasteiger partial charge in [-0.1, -0.05) is 109 Å². The average molecular weight is 855 g/mol. The minimum absolute atomic E-state index is 0.00241. The zero-order valence-corrected chi connectivity index (χ0v) is 35.7. The number of rotatable bonds is 23. The lowest BCUT2D eigenvalue weighted by atomic mass is 9.91. The summed E-state index contributed by atoms with van der Waals surface area (Å²) in [5.41, 5.74) is 14.9. The maximum Gasteiger partial charge on any atom is 0.329 e. The largest absolute Gasteiger partial charge is 0.459 e. The first-order valence-electron chi connectivity index (χ1n) is 21.2. The van der Waals surface area contributed by atoms with Gasteiger partial charge >= 0.3 is 5.97 Å². The van der Waals surface area contributed by atoms with Crippen molar-refractivity contribution in [2.45, 2.75) is 82.6 Å². The van der Waals surface area contributed by atoms with Gasteiger partial charge in [-0.3, -0.25) is 24.6 Å². The molecule has 0 aliphatic rings. The van der Waals surface area contributed by atoms with Crippen molar-refractivity contribution < 1.29 is 28.7 Å². The van der Waals surface area contributed by atoms with Crippen LogP contribution < -0.4 is 38.1 Å². The second-order valence-corrected chi connectivity index (χ2v) is 15.4. The van der Waals surface area contributed by atoms with Crippen molar-refractivity contribution in [2.24, 2.45) is 11.5 Å². The van der Waals surface area contributed by atoms with Crippen molar-refractivity contribution in [1.82, 2.24) is 26.6 Å². The highest BCUT2D eigenvalue weighted by Gasteiger charge is 2.31. The van der Waals surface area contributed by atoms with E-state index in [1.165, 1.54) is 13.0 Å². The van der Waals surface area contributed by atoms with Crippen molar-refractivity contribution in [3.05, 3.63) is 133 Å². The first-order chi connectivity index (χ1) is 30.5. The second-order valence-electron chi connectivity index (χ2n) is 15.4. The highest BCUT2D eigenvalue weighted by Crippen LogP contribution is 2.36. The fourth-order valence-electron chi connectivity index (χ4n) is 7.41. The summed E-state index contributed by atoms with van der Waals surface area (Å²) in [7, 11) is 0. The molecule has 14 heteroatoms. The van der Waals surface area contributed by atoms with E-state index < -0.39 is 53.8 Å². The monoisotopic (exact) mass is 854 g/mol. The van der Waals surface area contributed by atoms with Crippen LogP contribution >= 0.6 is 0 Å². The minimum Gasteiger partial charge on any atom is -0.459 e. The van der Waals surface area contributed by atoms with Gasteiger partial charge in [-0.25, -0.2) is 4.79 Å². The van der Waals surface area contributed by atoms with Gasteiger partial charge in [0.2, 0.25) is 23.6 Å². The van der Waals surface area contributed by atoms with Crippen molar-refractivity contribution in [3.8, 4) is 11.1 Å². The fourth-order valence-corrected chi connectivity index (χ4v) is 7.41. The minimum atomic E-state index is -1.15. The SMILES string of the molecule is C=CC[C@H](NC(=O)[C@@H](CCCNC(=N)N)NC(=O)[C@@H](CCCCN)NC(=O)[C@H](Cc1ccc(-c2c3ccccc3cc3ccccc23)cc1)NC(C)=O)C(=O)OCc1ccccc1. The Kier molecular flexibility index (Phi) is 17.8. The smallest absolute Gasteiger partial charge is 0.329 e. The fraction of sp³-hybridized carbons (Fsp3) is 0.306. The van der Waals surface area contributed by atoms with Gasteiger partial charge in [0.05, 0.1) is 0 Å². The topological polar surface area (TPSA) is 231 Å². The molecule has 5 rings (SSSR count). The third kappa shape index (κ3) is 14.0. The van der Waals surface area contributed by atoms with Crippen LogP contribution in [0, 0.1) is 5.41 Å². The Morgan fingerprint density at radius 2 is 1.24 bits per heavy atom. The number of nitrogens with two attached hydrogens (primary N) is 2. The molecule has 0 aliphatic carbocycles. The van der Waals surface area contributed by atoms with Crippen LogP contribution in [-0.4, -0.2) is 72.8 Å². The lowest BCUT2D eigenvalue weighted by molar-refractivity contribution is -0.149. The van der Waals surface area contributed by atoms with Crippen LogP contribution in [0.3, 0.4) is 0 Å². The number of carbonyl (C=O) groups is 5. The lowest BCUT2D eigenvalue weighted by Crippen LogP contribution is -2.58. The van der Waals surface area contributed by atoms with Crippen molar-refractivity contribution >= 4 is 57.1 Å². The van der Waals surface area contributed by atoms with Crippen LogP contribution in [-0.2, 0) is 41.7 Å². The molecule has 0 aliphatic heterocycles. The molecule has 330 valence electrons. The molecule has 10 N–H and O–H groups in total. The molecule has 0 radical (unpaired) electrons. The van der Waals surface area contributed by atoms with Crippen LogP contribution in [0.1, 0.15) is 56.6 Å². The molecule has 0 bridgehead atoms. The summed E-state index contributed by atoms with van der Waals surface area (Å²) in [4.78, 5) is 67.6. The summed E-state index contributed by atoms with van der Waals surface area (Å²) in [6.45, 7) is 5.63. The molecule has 5 aromatic carbocycles.